The molecule has 18 heavy (non-hydrogen) atoms. The summed E-state index contributed by atoms with van der Waals surface area (Å²) in [6, 6.07) is 3.32. The van der Waals surface area contributed by atoms with E-state index in [1.807, 2.05) is 0 Å². The van der Waals surface area contributed by atoms with Crippen molar-refractivity contribution in [2.45, 2.75) is 13.3 Å². The Morgan fingerprint density at radius 2 is 1.94 bits per heavy atom. The van der Waals surface area contributed by atoms with Crippen molar-refractivity contribution in [3.8, 4) is 5.75 Å². The Labute approximate surface area is 100 Å². The van der Waals surface area contributed by atoms with E-state index in [0.29, 0.717) is 5.56 Å². The van der Waals surface area contributed by atoms with Crippen LogP contribution in [0.5, 0.6) is 5.75 Å². The summed E-state index contributed by atoms with van der Waals surface area (Å²) in [4.78, 5) is 14.8. The van der Waals surface area contributed by atoms with Gasteiger partial charge in [0.25, 0.3) is 5.91 Å². The van der Waals surface area contributed by atoms with Gasteiger partial charge in [0.2, 0.25) is 0 Å². The summed E-state index contributed by atoms with van der Waals surface area (Å²) in [7, 11) is 0. The van der Waals surface area contributed by atoms with Gasteiger partial charge in [-0.25, -0.2) is 0 Å². The highest BCUT2D eigenvalue weighted by molar-refractivity contribution is 6.03. The lowest BCUT2D eigenvalue weighted by atomic mass is 10.1. The van der Waals surface area contributed by atoms with Crippen molar-refractivity contribution in [2.24, 2.45) is 16.5 Å². The zero-order chi connectivity index (χ0) is 13.9. The average molecular weight is 261 g/mol. The van der Waals surface area contributed by atoms with Crippen LogP contribution in [-0.2, 0) is 0 Å². The van der Waals surface area contributed by atoms with E-state index in [9.17, 15) is 18.0 Å². The number of amides is 1. The van der Waals surface area contributed by atoms with Crippen LogP contribution in [0.3, 0.4) is 0 Å². The van der Waals surface area contributed by atoms with Gasteiger partial charge in [-0.05, 0) is 24.6 Å². The van der Waals surface area contributed by atoms with E-state index < -0.39 is 24.0 Å². The number of carbonyl (C=O) groups is 1. The smallest absolute Gasteiger partial charge is 0.406 e. The molecule has 0 heterocycles. The quantitative estimate of drug-likeness (QED) is 0.620. The van der Waals surface area contributed by atoms with Crippen LogP contribution in [-0.4, -0.2) is 18.2 Å². The summed E-state index contributed by atoms with van der Waals surface area (Å²) in [6.07, 6.45) is -4.83. The first-order chi connectivity index (χ1) is 8.19. The van der Waals surface area contributed by atoms with Gasteiger partial charge < -0.3 is 16.2 Å². The molecule has 0 aliphatic carbocycles. The van der Waals surface area contributed by atoms with E-state index in [1.54, 1.807) is 0 Å². The third-order valence-corrected chi connectivity index (χ3v) is 1.90. The third kappa shape index (κ3) is 3.96. The number of guanidine groups is 1. The second-order valence-electron chi connectivity index (χ2n) is 3.37. The van der Waals surface area contributed by atoms with Gasteiger partial charge in [-0.3, -0.25) is 4.79 Å². The van der Waals surface area contributed by atoms with Crippen molar-refractivity contribution in [2.75, 3.05) is 0 Å². The van der Waals surface area contributed by atoms with Gasteiger partial charge >= 0.3 is 6.36 Å². The zero-order valence-electron chi connectivity index (χ0n) is 9.28. The minimum absolute atomic E-state index is 0.0647. The molecule has 4 N–H and O–H groups in total. The highest BCUT2D eigenvalue weighted by Crippen LogP contribution is 2.25. The average Bonchev–Trinajstić information content (AvgIpc) is 2.17. The Morgan fingerprint density at radius 1 is 1.33 bits per heavy atom. The standard InChI is InChI=1S/C10H10F3N3O2/c1-5-2-3-6(18-10(11,12)13)4-7(5)8(17)16-9(14)15/h2-4H,1H3,(H4,14,15,16,17). The summed E-state index contributed by atoms with van der Waals surface area (Å²) in [5, 5.41) is 0. The second kappa shape index (κ2) is 4.94. The Balaban J connectivity index is 3.09. The molecule has 0 bridgehead atoms. The van der Waals surface area contributed by atoms with Crippen LogP contribution in [0.4, 0.5) is 13.2 Å². The van der Waals surface area contributed by atoms with Crippen LogP contribution in [0, 0.1) is 6.92 Å². The molecule has 0 atom stereocenters. The molecule has 0 spiro atoms. The van der Waals surface area contributed by atoms with Crippen LogP contribution < -0.4 is 16.2 Å². The first-order valence-electron chi connectivity index (χ1n) is 4.69. The third-order valence-electron chi connectivity index (χ3n) is 1.90. The fourth-order valence-electron chi connectivity index (χ4n) is 1.21. The van der Waals surface area contributed by atoms with Gasteiger partial charge in [-0.1, -0.05) is 6.07 Å². The van der Waals surface area contributed by atoms with Crippen LogP contribution >= 0.6 is 0 Å². The van der Waals surface area contributed by atoms with Crippen molar-refractivity contribution >= 4 is 11.9 Å². The minimum Gasteiger partial charge on any atom is -0.406 e. The molecule has 5 nitrogen and oxygen atoms in total. The fourth-order valence-corrected chi connectivity index (χ4v) is 1.21. The molecule has 1 aromatic carbocycles. The lowest BCUT2D eigenvalue weighted by Gasteiger charge is -2.10. The lowest BCUT2D eigenvalue weighted by molar-refractivity contribution is -0.274. The highest BCUT2D eigenvalue weighted by atomic mass is 19.4. The van der Waals surface area contributed by atoms with Gasteiger partial charge in [0.05, 0.1) is 0 Å². The minimum atomic E-state index is -4.83. The van der Waals surface area contributed by atoms with Gasteiger partial charge in [-0.15, -0.1) is 13.2 Å². The van der Waals surface area contributed by atoms with Crippen LogP contribution in [0.25, 0.3) is 0 Å². The molecule has 0 saturated heterocycles. The molecular formula is C10H10F3N3O2. The van der Waals surface area contributed by atoms with Crippen LogP contribution in [0.2, 0.25) is 0 Å². The maximum Gasteiger partial charge on any atom is 0.573 e. The molecule has 0 saturated carbocycles. The molecule has 0 aliphatic rings. The van der Waals surface area contributed by atoms with E-state index in [1.165, 1.54) is 13.0 Å². The van der Waals surface area contributed by atoms with Crippen molar-refractivity contribution in [1.82, 2.24) is 0 Å². The Hall–Kier alpha value is -2.25. The number of hydrogen-bond acceptors (Lipinski definition) is 2. The molecule has 8 heteroatoms. The summed E-state index contributed by atoms with van der Waals surface area (Å²) in [5.74, 6) is -1.82. The number of benzene rings is 1. The van der Waals surface area contributed by atoms with E-state index in [0.717, 1.165) is 12.1 Å². The molecule has 0 fully saturated rings. The summed E-state index contributed by atoms with van der Waals surface area (Å²) in [6.45, 7) is 1.53. The van der Waals surface area contributed by atoms with Crippen molar-refractivity contribution in [3.63, 3.8) is 0 Å². The van der Waals surface area contributed by atoms with E-state index in [2.05, 4.69) is 9.73 Å². The summed E-state index contributed by atoms with van der Waals surface area (Å²) in [5.41, 5.74) is 10.4. The molecular weight excluding hydrogens is 251 g/mol. The van der Waals surface area contributed by atoms with Crippen LogP contribution in [0.15, 0.2) is 23.2 Å². The maximum atomic E-state index is 12.0. The number of aliphatic imine (C=N–C) groups is 1. The normalized spacial score (nSPS) is 10.9. The molecule has 0 aliphatic heterocycles. The number of nitrogens with two attached hydrogens (primary N) is 2. The van der Waals surface area contributed by atoms with Crippen molar-refractivity contribution < 1.29 is 22.7 Å². The predicted molar refractivity (Wildman–Crippen MR) is 58.0 cm³/mol. The number of hydrogen-bond donors (Lipinski definition) is 2. The predicted octanol–water partition coefficient (Wildman–Crippen LogP) is 1.31. The lowest BCUT2D eigenvalue weighted by Crippen LogP contribution is -2.24. The molecule has 0 unspecified atom stereocenters. The number of ether oxygens (including phenoxy) is 1. The topological polar surface area (TPSA) is 90.7 Å². The van der Waals surface area contributed by atoms with Gasteiger partial charge in [-0.2, -0.15) is 4.99 Å². The van der Waals surface area contributed by atoms with Gasteiger partial charge in [0.15, 0.2) is 5.96 Å². The van der Waals surface area contributed by atoms with E-state index >= 15 is 0 Å². The molecule has 1 rings (SSSR count). The second-order valence-corrected chi connectivity index (χ2v) is 3.37. The first-order valence-corrected chi connectivity index (χ1v) is 4.69. The monoisotopic (exact) mass is 261 g/mol. The van der Waals surface area contributed by atoms with Gasteiger partial charge in [0, 0.05) is 5.56 Å². The Bertz CT molecular complexity index is 494. The molecule has 0 radical (unpaired) electrons. The van der Waals surface area contributed by atoms with Crippen molar-refractivity contribution in [3.05, 3.63) is 29.3 Å². The maximum absolute atomic E-state index is 12.0. The fraction of sp³-hybridized carbons (Fsp3) is 0.200. The first kappa shape index (κ1) is 13.8. The number of aryl methyl sites for hydroxylation is 1. The SMILES string of the molecule is Cc1ccc(OC(F)(F)F)cc1C(=O)N=C(N)N. The molecule has 1 aromatic rings. The van der Waals surface area contributed by atoms with E-state index in [4.69, 9.17) is 11.5 Å². The molecule has 0 aromatic heterocycles. The highest BCUT2D eigenvalue weighted by Gasteiger charge is 2.31. The Morgan fingerprint density at radius 3 is 2.44 bits per heavy atom. The van der Waals surface area contributed by atoms with Gasteiger partial charge in [0.1, 0.15) is 5.75 Å². The molecule has 98 valence electrons. The molecule has 1 amide bonds. The van der Waals surface area contributed by atoms with Crippen molar-refractivity contribution in [1.29, 1.82) is 0 Å². The number of rotatable bonds is 2. The summed E-state index contributed by atoms with van der Waals surface area (Å²) >= 11 is 0. The number of nitrogens with zero attached hydrogens (tertiary/aromatic N) is 1. The largest absolute Gasteiger partial charge is 0.573 e. The van der Waals surface area contributed by atoms with Crippen LogP contribution in [0.1, 0.15) is 15.9 Å². The Kier molecular flexibility index (Phi) is 3.79. The number of alkyl halides is 3. The zero-order valence-corrected chi connectivity index (χ0v) is 9.28. The summed E-state index contributed by atoms with van der Waals surface area (Å²) < 4.78 is 39.7. The van der Waals surface area contributed by atoms with E-state index in [-0.39, 0.29) is 5.56 Å². The number of carbonyl (C=O) groups excluding carboxylic acids is 1. The number of halogens is 3.